The molecular formula is C31H30ClF2N7O2. The van der Waals surface area contributed by atoms with Crippen molar-refractivity contribution in [2.24, 2.45) is 0 Å². The van der Waals surface area contributed by atoms with E-state index in [0.717, 1.165) is 19.5 Å². The van der Waals surface area contributed by atoms with Crippen LogP contribution in [0.25, 0.3) is 32.9 Å². The third-order valence-electron chi connectivity index (χ3n) is 7.72. The fourth-order valence-electron chi connectivity index (χ4n) is 5.51. The van der Waals surface area contributed by atoms with Gasteiger partial charge < -0.3 is 19.4 Å². The molecule has 1 atom stereocenters. The van der Waals surface area contributed by atoms with Crippen LogP contribution in [0, 0.1) is 23.0 Å². The smallest absolute Gasteiger partial charge is 0.410 e. The SMILES string of the molecule is CC(C)(C)OC(=O)N1CCN(c2nc(N3CCC3)nc3c(F)c(-c4cccc5ccc(F)c(Cl)c45)ncc23)C[C@@H]1CC#N. The Morgan fingerprint density at radius 3 is 2.60 bits per heavy atom. The Kier molecular flexibility index (Phi) is 7.42. The predicted octanol–water partition coefficient (Wildman–Crippen LogP) is 6.33. The third-order valence-corrected chi connectivity index (χ3v) is 8.09. The summed E-state index contributed by atoms with van der Waals surface area (Å²) in [6.45, 7) is 7.84. The molecule has 2 aromatic carbocycles. The van der Waals surface area contributed by atoms with Crippen molar-refractivity contribution in [3.8, 4) is 17.3 Å². The molecule has 2 fully saturated rings. The maximum atomic E-state index is 16.5. The summed E-state index contributed by atoms with van der Waals surface area (Å²) < 4.78 is 36.6. The van der Waals surface area contributed by atoms with Gasteiger partial charge in [-0.1, -0.05) is 35.9 Å². The Hall–Kier alpha value is -4.30. The quantitative estimate of drug-likeness (QED) is 0.266. The van der Waals surface area contributed by atoms with Crippen LogP contribution in [0.5, 0.6) is 0 Å². The van der Waals surface area contributed by atoms with Crippen molar-refractivity contribution in [3.63, 3.8) is 0 Å². The van der Waals surface area contributed by atoms with E-state index in [-0.39, 0.29) is 22.7 Å². The summed E-state index contributed by atoms with van der Waals surface area (Å²) in [6, 6.07) is 9.76. The Bertz CT molecular complexity index is 1780. The van der Waals surface area contributed by atoms with Gasteiger partial charge in [0.1, 0.15) is 28.4 Å². The Balaban J connectivity index is 1.45. The van der Waals surface area contributed by atoms with E-state index < -0.39 is 29.4 Å². The number of hydrogen-bond donors (Lipinski definition) is 0. The molecule has 222 valence electrons. The van der Waals surface area contributed by atoms with Crippen LogP contribution in [0.4, 0.5) is 25.3 Å². The summed E-state index contributed by atoms with van der Waals surface area (Å²) in [4.78, 5) is 32.4. The zero-order valence-corrected chi connectivity index (χ0v) is 24.8. The van der Waals surface area contributed by atoms with Gasteiger partial charge >= 0.3 is 6.09 Å². The number of benzene rings is 2. The molecular weight excluding hydrogens is 576 g/mol. The summed E-state index contributed by atoms with van der Waals surface area (Å²) in [5.74, 6) is -0.418. The number of pyridine rings is 1. The molecule has 4 aromatic rings. The minimum atomic E-state index is -0.679. The number of anilines is 2. The number of aromatic nitrogens is 3. The van der Waals surface area contributed by atoms with Crippen LogP contribution >= 0.6 is 11.6 Å². The fourth-order valence-corrected chi connectivity index (χ4v) is 5.79. The van der Waals surface area contributed by atoms with Gasteiger partial charge in [-0.05, 0) is 38.6 Å². The lowest BCUT2D eigenvalue weighted by Gasteiger charge is -2.42. The van der Waals surface area contributed by atoms with Crippen LogP contribution in [0.2, 0.25) is 5.02 Å². The average Bonchev–Trinajstić information content (AvgIpc) is 2.93. The summed E-state index contributed by atoms with van der Waals surface area (Å²) in [6.07, 6.45) is 2.10. The summed E-state index contributed by atoms with van der Waals surface area (Å²) >= 11 is 6.36. The van der Waals surface area contributed by atoms with E-state index in [0.29, 0.717) is 53.1 Å². The van der Waals surface area contributed by atoms with Crippen LogP contribution in [0.3, 0.4) is 0 Å². The molecule has 0 N–H and O–H groups in total. The van der Waals surface area contributed by atoms with Crippen molar-refractivity contribution in [1.29, 1.82) is 5.26 Å². The topological polar surface area (TPSA) is 98.5 Å². The summed E-state index contributed by atoms with van der Waals surface area (Å²) in [7, 11) is 0. The minimum absolute atomic E-state index is 0.00177. The standard InChI is InChI=1S/C31H30ClF2N7O2/c1-31(2,3)43-30(42)41-15-14-40(17-19(41)10-11-35)28-21-16-36-26(25(34)27(21)37-29(38-28)39-12-5-13-39)20-7-4-6-18-8-9-22(33)24(32)23(18)20/h4,6-9,16,19H,5,10,12-15,17H2,1-3H3/t19-/m0/s1. The number of hydrogen-bond acceptors (Lipinski definition) is 8. The first-order valence-electron chi connectivity index (χ1n) is 14.2. The average molecular weight is 606 g/mol. The van der Waals surface area contributed by atoms with Crippen LogP contribution in [-0.4, -0.2) is 70.3 Å². The number of rotatable bonds is 4. The molecule has 0 bridgehead atoms. The van der Waals surface area contributed by atoms with Crippen molar-refractivity contribution in [2.75, 3.05) is 42.5 Å². The molecule has 0 saturated carbocycles. The second-order valence-corrected chi connectivity index (χ2v) is 12.1. The minimum Gasteiger partial charge on any atom is -0.444 e. The molecule has 43 heavy (non-hydrogen) atoms. The van der Waals surface area contributed by atoms with Crippen molar-refractivity contribution >= 4 is 51.1 Å². The number of amides is 1. The summed E-state index contributed by atoms with van der Waals surface area (Å²) in [5.41, 5.74) is -0.247. The number of carbonyl (C=O) groups excluding carboxylic acids is 1. The fraction of sp³-hybridized carbons (Fsp3) is 0.387. The lowest BCUT2D eigenvalue weighted by atomic mass is 10.0. The molecule has 0 radical (unpaired) electrons. The molecule has 0 spiro atoms. The van der Waals surface area contributed by atoms with Gasteiger partial charge in [-0.2, -0.15) is 10.2 Å². The van der Waals surface area contributed by atoms with Crippen LogP contribution in [0.1, 0.15) is 33.6 Å². The molecule has 4 heterocycles. The molecule has 2 aliphatic rings. The Morgan fingerprint density at radius 2 is 1.91 bits per heavy atom. The lowest BCUT2D eigenvalue weighted by molar-refractivity contribution is 0.0145. The molecule has 2 aromatic heterocycles. The van der Waals surface area contributed by atoms with E-state index in [1.807, 2.05) is 9.80 Å². The van der Waals surface area contributed by atoms with Crippen molar-refractivity contribution in [2.45, 2.75) is 45.3 Å². The van der Waals surface area contributed by atoms with Crippen molar-refractivity contribution < 1.29 is 18.3 Å². The Morgan fingerprint density at radius 1 is 1.12 bits per heavy atom. The predicted molar refractivity (Wildman–Crippen MR) is 161 cm³/mol. The van der Waals surface area contributed by atoms with Gasteiger partial charge in [0.2, 0.25) is 5.95 Å². The highest BCUT2D eigenvalue weighted by Gasteiger charge is 2.35. The number of nitriles is 1. The molecule has 0 unspecified atom stereocenters. The summed E-state index contributed by atoms with van der Waals surface area (Å²) in [5, 5.41) is 10.9. The van der Waals surface area contributed by atoms with Gasteiger partial charge in [-0.3, -0.25) is 4.98 Å². The van der Waals surface area contributed by atoms with E-state index in [9.17, 15) is 14.4 Å². The Labute approximate surface area is 252 Å². The highest BCUT2D eigenvalue weighted by Crippen LogP contribution is 2.39. The van der Waals surface area contributed by atoms with Gasteiger partial charge in [0.25, 0.3) is 0 Å². The zero-order chi connectivity index (χ0) is 30.5. The van der Waals surface area contributed by atoms with E-state index in [4.69, 9.17) is 21.3 Å². The number of halogens is 3. The number of piperazine rings is 1. The molecule has 12 heteroatoms. The highest BCUT2D eigenvalue weighted by molar-refractivity contribution is 6.36. The van der Waals surface area contributed by atoms with Gasteiger partial charge in [0.15, 0.2) is 5.82 Å². The largest absolute Gasteiger partial charge is 0.444 e. The van der Waals surface area contributed by atoms with Crippen LogP contribution in [-0.2, 0) is 4.74 Å². The highest BCUT2D eigenvalue weighted by atomic mass is 35.5. The van der Waals surface area contributed by atoms with Gasteiger partial charge in [0, 0.05) is 49.9 Å². The van der Waals surface area contributed by atoms with E-state index in [1.165, 1.54) is 12.3 Å². The molecule has 2 saturated heterocycles. The number of ether oxygens (including phenoxy) is 1. The molecule has 9 nitrogen and oxygen atoms in total. The number of fused-ring (bicyclic) bond motifs is 2. The number of nitrogens with zero attached hydrogens (tertiary/aromatic N) is 7. The second-order valence-electron chi connectivity index (χ2n) is 11.8. The maximum absolute atomic E-state index is 16.5. The zero-order valence-electron chi connectivity index (χ0n) is 24.1. The second kappa shape index (κ2) is 11.1. The lowest BCUT2D eigenvalue weighted by Crippen LogP contribution is -2.56. The molecule has 1 amide bonds. The van der Waals surface area contributed by atoms with Crippen molar-refractivity contribution in [3.05, 3.63) is 53.2 Å². The number of carbonyl (C=O) groups is 1. The third kappa shape index (κ3) is 5.36. The maximum Gasteiger partial charge on any atom is 0.410 e. The first kappa shape index (κ1) is 28.8. The first-order chi connectivity index (χ1) is 20.6. The van der Waals surface area contributed by atoms with Crippen LogP contribution < -0.4 is 9.80 Å². The van der Waals surface area contributed by atoms with E-state index >= 15 is 4.39 Å². The van der Waals surface area contributed by atoms with Crippen LogP contribution in [0.15, 0.2) is 36.5 Å². The molecule has 0 aliphatic carbocycles. The monoisotopic (exact) mass is 605 g/mol. The normalized spacial score (nSPS) is 17.2. The van der Waals surface area contributed by atoms with Gasteiger partial charge in [-0.15, -0.1) is 0 Å². The van der Waals surface area contributed by atoms with E-state index in [1.54, 1.807) is 49.9 Å². The molecule has 6 rings (SSSR count). The first-order valence-corrected chi connectivity index (χ1v) is 14.5. The van der Waals surface area contributed by atoms with Crippen molar-refractivity contribution in [1.82, 2.24) is 19.9 Å². The molecule has 2 aliphatic heterocycles. The van der Waals surface area contributed by atoms with E-state index in [2.05, 4.69) is 16.0 Å². The van der Waals surface area contributed by atoms with Gasteiger partial charge in [-0.25, -0.2) is 18.6 Å². The van der Waals surface area contributed by atoms with Gasteiger partial charge in [0.05, 0.1) is 28.9 Å².